The lowest BCUT2D eigenvalue weighted by atomic mass is 9.76. The Morgan fingerprint density at radius 3 is 2.82 bits per heavy atom. The van der Waals surface area contributed by atoms with E-state index in [2.05, 4.69) is 14.9 Å². The van der Waals surface area contributed by atoms with Gasteiger partial charge in [0.1, 0.15) is 4.88 Å². The van der Waals surface area contributed by atoms with Crippen molar-refractivity contribution in [3.63, 3.8) is 0 Å². The molecule has 0 radical (unpaired) electrons. The van der Waals surface area contributed by atoms with Crippen molar-refractivity contribution in [2.45, 2.75) is 44.8 Å². The molecule has 1 aliphatic rings. The van der Waals surface area contributed by atoms with Gasteiger partial charge in [-0.25, -0.2) is 0 Å². The van der Waals surface area contributed by atoms with Crippen LogP contribution in [0.15, 0.2) is 17.5 Å². The van der Waals surface area contributed by atoms with Crippen LogP contribution in [0.1, 0.15) is 58.9 Å². The van der Waals surface area contributed by atoms with Gasteiger partial charge in [-0.15, -0.1) is 16.4 Å². The van der Waals surface area contributed by atoms with Crippen LogP contribution in [0.5, 0.6) is 0 Å². The maximum absolute atomic E-state index is 12.6. The Bertz CT molecular complexity index is 633. The minimum absolute atomic E-state index is 0.0435. The minimum atomic E-state index is -0.235. The number of amides is 1. The van der Waals surface area contributed by atoms with Crippen LogP contribution >= 0.6 is 22.9 Å². The third-order valence-corrected chi connectivity index (χ3v) is 5.72. The minimum Gasteiger partial charge on any atom is -0.393 e. The van der Waals surface area contributed by atoms with Crippen molar-refractivity contribution in [2.75, 3.05) is 0 Å². The first-order valence-electron chi connectivity index (χ1n) is 7.40. The van der Waals surface area contributed by atoms with E-state index in [4.69, 9.17) is 0 Å². The molecule has 1 amide bonds. The molecule has 1 fully saturated rings. The Morgan fingerprint density at radius 2 is 2.23 bits per heavy atom. The van der Waals surface area contributed by atoms with Gasteiger partial charge in [-0.2, -0.15) is 0 Å². The summed E-state index contributed by atoms with van der Waals surface area (Å²) in [4.78, 5) is 14.4. The average Bonchev–Trinajstić information content (AvgIpc) is 3.11. The Kier molecular flexibility index (Phi) is 4.56. The number of rotatable bonds is 5. The lowest BCUT2D eigenvalue weighted by Crippen LogP contribution is -2.41. The second-order valence-electron chi connectivity index (χ2n) is 5.99. The first-order chi connectivity index (χ1) is 10.6. The molecule has 5 nitrogen and oxygen atoms in total. The van der Waals surface area contributed by atoms with E-state index < -0.39 is 0 Å². The third-order valence-electron chi connectivity index (χ3n) is 4.02. The molecule has 0 aliphatic heterocycles. The first kappa shape index (κ1) is 15.6. The fraction of sp³-hybridized carbons (Fsp3) is 0.533. The lowest BCUT2D eigenvalue weighted by Gasteiger charge is -2.37. The van der Waals surface area contributed by atoms with E-state index in [0.717, 1.165) is 34.9 Å². The highest BCUT2D eigenvalue weighted by molar-refractivity contribution is 7.10. The van der Waals surface area contributed by atoms with Crippen molar-refractivity contribution in [2.24, 2.45) is 5.92 Å². The zero-order valence-electron chi connectivity index (χ0n) is 12.5. The molecule has 3 rings (SSSR count). The summed E-state index contributed by atoms with van der Waals surface area (Å²) in [5, 5.41) is 18.8. The van der Waals surface area contributed by atoms with E-state index in [1.165, 1.54) is 0 Å². The molecule has 0 spiro atoms. The number of aromatic nitrogens is 2. The molecule has 2 aromatic heterocycles. The highest BCUT2D eigenvalue weighted by Gasteiger charge is 2.36. The number of carbonyl (C=O) groups excluding carboxylic acids is 1. The number of aliphatic hydroxyl groups excluding tert-OH is 1. The molecule has 2 N–H and O–H groups in total. The standard InChI is InChI=1S/C15H19N3O2S2/c1-8(2)12-14(22-18-17-12)15(20)16-13(9-6-10(19)7-9)11-4-3-5-21-11/h3-5,8-10,13,19H,6-7H2,1-2H3,(H,16,20). The van der Waals surface area contributed by atoms with Crippen LogP contribution in [0.3, 0.4) is 0 Å². The number of thiophene rings is 1. The van der Waals surface area contributed by atoms with Crippen molar-refractivity contribution < 1.29 is 9.90 Å². The molecule has 118 valence electrons. The molecule has 0 saturated heterocycles. The average molecular weight is 337 g/mol. The maximum atomic E-state index is 12.6. The van der Waals surface area contributed by atoms with Crippen molar-refractivity contribution in [3.8, 4) is 0 Å². The Hall–Kier alpha value is -1.31. The van der Waals surface area contributed by atoms with Gasteiger partial charge >= 0.3 is 0 Å². The van der Waals surface area contributed by atoms with Crippen LogP contribution in [-0.2, 0) is 0 Å². The van der Waals surface area contributed by atoms with Gasteiger partial charge < -0.3 is 10.4 Å². The number of hydrogen-bond acceptors (Lipinski definition) is 6. The molecule has 2 heterocycles. The number of hydrogen-bond donors (Lipinski definition) is 2. The van der Waals surface area contributed by atoms with E-state index in [-0.39, 0.29) is 24.0 Å². The van der Waals surface area contributed by atoms with Crippen LogP contribution in [0.25, 0.3) is 0 Å². The predicted molar refractivity (Wildman–Crippen MR) is 87.3 cm³/mol. The van der Waals surface area contributed by atoms with E-state index in [1.54, 1.807) is 11.3 Å². The van der Waals surface area contributed by atoms with E-state index in [1.807, 2.05) is 31.4 Å². The maximum Gasteiger partial charge on any atom is 0.265 e. The van der Waals surface area contributed by atoms with Crippen LogP contribution in [-0.4, -0.2) is 26.7 Å². The largest absolute Gasteiger partial charge is 0.393 e. The molecule has 22 heavy (non-hydrogen) atoms. The second kappa shape index (κ2) is 6.44. The molecule has 0 aromatic carbocycles. The van der Waals surface area contributed by atoms with Crippen molar-refractivity contribution in [1.82, 2.24) is 14.9 Å². The highest BCUT2D eigenvalue weighted by atomic mass is 32.1. The van der Waals surface area contributed by atoms with Crippen LogP contribution in [0.4, 0.5) is 0 Å². The number of nitrogens with one attached hydrogen (secondary N) is 1. The quantitative estimate of drug-likeness (QED) is 0.879. The van der Waals surface area contributed by atoms with Crippen molar-refractivity contribution in [1.29, 1.82) is 0 Å². The monoisotopic (exact) mass is 337 g/mol. The first-order valence-corrected chi connectivity index (χ1v) is 9.06. The summed E-state index contributed by atoms with van der Waals surface area (Å²) in [7, 11) is 0. The van der Waals surface area contributed by atoms with Crippen LogP contribution in [0, 0.1) is 5.92 Å². The highest BCUT2D eigenvalue weighted by Crippen LogP contribution is 2.39. The van der Waals surface area contributed by atoms with Crippen LogP contribution in [0.2, 0.25) is 0 Å². The molecular weight excluding hydrogens is 318 g/mol. The van der Waals surface area contributed by atoms with E-state index in [0.29, 0.717) is 10.8 Å². The second-order valence-corrected chi connectivity index (χ2v) is 7.73. The molecule has 1 atom stereocenters. The summed E-state index contributed by atoms with van der Waals surface area (Å²) in [6.07, 6.45) is 1.24. The molecular formula is C15H19N3O2S2. The van der Waals surface area contributed by atoms with Gasteiger partial charge in [-0.05, 0) is 47.7 Å². The summed E-state index contributed by atoms with van der Waals surface area (Å²) in [5.74, 6) is 0.352. The zero-order valence-corrected chi connectivity index (χ0v) is 14.2. The summed E-state index contributed by atoms with van der Waals surface area (Å²) >= 11 is 2.78. The van der Waals surface area contributed by atoms with Crippen LogP contribution < -0.4 is 5.32 Å². The Morgan fingerprint density at radius 1 is 1.45 bits per heavy atom. The van der Waals surface area contributed by atoms with Gasteiger partial charge in [0, 0.05) is 4.88 Å². The number of carbonyl (C=O) groups is 1. The van der Waals surface area contributed by atoms with Crippen molar-refractivity contribution in [3.05, 3.63) is 33.0 Å². The van der Waals surface area contributed by atoms with Gasteiger partial charge in [0.25, 0.3) is 5.91 Å². The molecule has 0 bridgehead atoms. The van der Waals surface area contributed by atoms with Gasteiger partial charge in [-0.3, -0.25) is 4.79 Å². The summed E-state index contributed by atoms with van der Waals surface area (Å²) < 4.78 is 3.92. The molecule has 7 heteroatoms. The fourth-order valence-electron chi connectivity index (χ4n) is 2.73. The fourth-order valence-corrected chi connectivity index (χ4v) is 4.32. The van der Waals surface area contributed by atoms with Gasteiger partial charge in [0.2, 0.25) is 0 Å². The van der Waals surface area contributed by atoms with Crippen molar-refractivity contribution >= 4 is 28.8 Å². The molecule has 2 aromatic rings. The number of nitrogens with zero attached hydrogens (tertiary/aromatic N) is 2. The van der Waals surface area contributed by atoms with Gasteiger partial charge in [0.15, 0.2) is 0 Å². The zero-order chi connectivity index (χ0) is 15.7. The summed E-state index contributed by atoms with van der Waals surface area (Å²) in [5.41, 5.74) is 0.751. The van der Waals surface area contributed by atoms with E-state index >= 15 is 0 Å². The van der Waals surface area contributed by atoms with Gasteiger partial charge in [-0.1, -0.05) is 24.4 Å². The lowest BCUT2D eigenvalue weighted by molar-refractivity contribution is 0.0241. The predicted octanol–water partition coefficient (Wildman–Crippen LogP) is 2.97. The number of aliphatic hydroxyl groups is 1. The SMILES string of the molecule is CC(C)c1nnsc1C(=O)NC(c1cccs1)C1CC(O)C1. The molecule has 1 aliphatic carbocycles. The molecule has 1 saturated carbocycles. The summed E-state index contributed by atoms with van der Waals surface area (Å²) in [6.45, 7) is 4.01. The van der Waals surface area contributed by atoms with E-state index in [9.17, 15) is 9.90 Å². The topological polar surface area (TPSA) is 75.1 Å². The normalized spacial score (nSPS) is 22.4. The summed E-state index contributed by atoms with van der Waals surface area (Å²) in [6, 6.07) is 3.98. The molecule has 1 unspecified atom stereocenters. The third kappa shape index (κ3) is 3.06. The Labute approximate surface area is 137 Å². The Balaban J connectivity index is 1.78. The smallest absolute Gasteiger partial charge is 0.265 e. The van der Waals surface area contributed by atoms with Gasteiger partial charge in [0.05, 0.1) is 17.8 Å².